The summed E-state index contributed by atoms with van der Waals surface area (Å²) in [5.41, 5.74) is 0.524. The number of methoxy groups -OCH3 is 1. The first kappa shape index (κ1) is 33.8. The Morgan fingerprint density at radius 3 is 2.02 bits per heavy atom. The molecule has 0 aliphatic carbocycles. The molecular weight excluding hydrogens is 587 g/mol. The highest BCUT2D eigenvalue weighted by molar-refractivity contribution is 7.98. The van der Waals surface area contributed by atoms with Gasteiger partial charge in [-0.25, -0.2) is 8.42 Å². The molecule has 1 atom stereocenters. The standard InChI is InChI=1S/C32H41N3O6S2/c1-8-41-27-15-11-25(12-16-27)35(43(38,39)29-19-17-28(42-7)18-20-29)22-30(36)34(23(2)31(37)33-32(3,4)5)21-24-9-13-26(40-6)14-10-24/h9-20,23H,8,21-22H2,1-7H3,(H,33,37)/t23-/m0/s1. The average molecular weight is 628 g/mol. The summed E-state index contributed by atoms with van der Waals surface area (Å²) in [7, 11) is -2.61. The average Bonchev–Trinajstić information content (AvgIpc) is 2.98. The lowest BCUT2D eigenvalue weighted by Gasteiger charge is -2.33. The van der Waals surface area contributed by atoms with Crippen LogP contribution in [0.3, 0.4) is 0 Å². The van der Waals surface area contributed by atoms with Crippen molar-refractivity contribution in [1.82, 2.24) is 10.2 Å². The van der Waals surface area contributed by atoms with Gasteiger partial charge in [-0.15, -0.1) is 11.8 Å². The minimum atomic E-state index is -4.17. The molecule has 0 saturated heterocycles. The first-order valence-corrected chi connectivity index (χ1v) is 16.6. The van der Waals surface area contributed by atoms with Crippen LogP contribution in [-0.2, 0) is 26.2 Å². The smallest absolute Gasteiger partial charge is 0.264 e. The highest BCUT2D eigenvalue weighted by atomic mass is 32.2. The number of carbonyl (C=O) groups excluding carboxylic acids is 2. The van der Waals surface area contributed by atoms with Crippen molar-refractivity contribution in [2.75, 3.05) is 30.8 Å². The van der Waals surface area contributed by atoms with Crippen LogP contribution in [0.25, 0.3) is 0 Å². The quantitative estimate of drug-likeness (QED) is 0.255. The highest BCUT2D eigenvalue weighted by Gasteiger charge is 2.33. The van der Waals surface area contributed by atoms with E-state index in [0.29, 0.717) is 23.8 Å². The number of ether oxygens (including phenoxy) is 2. The number of sulfonamides is 1. The second-order valence-corrected chi connectivity index (χ2v) is 13.6. The molecule has 0 aliphatic rings. The van der Waals surface area contributed by atoms with Crippen LogP contribution < -0.4 is 19.1 Å². The van der Waals surface area contributed by atoms with Crippen LogP contribution >= 0.6 is 11.8 Å². The number of amides is 2. The number of rotatable bonds is 13. The summed E-state index contributed by atoms with van der Waals surface area (Å²) in [5, 5.41) is 2.93. The van der Waals surface area contributed by atoms with Crippen LogP contribution in [0.15, 0.2) is 82.6 Å². The van der Waals surface area contributed by atoms with Crippen LogP contribution in [0.1, 0.15) is 40.2 Å². The van der Waals surface area contributed by atoms with Crippen molar-refractivity contribution < 1.29 is 27.5 Å². The molecule has 0 aliphatic heterocycles. The van der Waals surface area contributed by atoms with Crippen LogP contribution in [0, 0.1) is 0 Å². The zero-order valence-corrected chi connectivity index (χ0v) is 27.4. The van der Waals surface area contributed by atoms with Gasteiger partial charge in [-0.2, -0.15) is 0 Å². The summed E-state index contributed by atoms with van der Waals surface area (Å²) in [6.45, 7) is 9.08. The van der Waals surface area contributed by atoms with E-state index in [1.807, 2.05) is 46.1 Å². The topological polar surface area (TPSA) is 105 Å². The summed E-state index contributed by atoms with van der Waals surface area (Å²) < 4.78 is 40.0. The first-order chi connectivity index (χ1) is 20.3. The van der Waals surface area contributed by atoms with Gasteiger partial charge in [-0.1, -0.05) is 12.1 Å². The number of hydrogen-bond acceptors (Lipinski definition) is 7. The van der Waals surface area contributed by atoms with Crippen molar-refractivity contribution in [3.8, 4) is 11.5 Å². The Bertz CT molecular complexity index is 1470. The second kappa shape index (κ2) is 14.7. The van der Waals surface area contributed by atoms with Crippen molar-refractivity contribution in [3.05, 3.63) is 78.4 Å². The molecule has 232 valence electrons. The number of anilines is 1. The first-order valence-electron chi connectivity index (χ1n) is 13.9. The highest BCUT2D eigenvalue weighted by Crippen LogP contribution is 2.28. The van der Waals surface area contributed by atoms with E-state index in [2.05, 4.69) is 5.32 Å². The van der Waals surface area contributed by atoms with E-state index in [4.69, 9.17) is 9.47 Å². The molecule has 2 amide bonds. The minimum absolute atomic E-state index is 0.0483. The lowest BCUT2D eigenvalue weighted by atomic mass is 10.1. The van der Waals surface area contributed by atoms with Gasteiger partial charge in [0.05, 0.1) is 24.3 Å². The number of carbonyl (C=O) groups is 2. The maximum Gasteiger partial charge on any atom is 0.264 e. The zero-order chi connectivity index (χ0) is 31.8. The fraction of sp³-hybridized carbons (Fsp3) is 0.375. The summed E-state index contributed by atoms with van der Waals surface area (Å²) in [6.07, 6.45) is 1.91. The normalized spacial score (nSPS) is 12.3. The van der Waals surface area contributed by atoms with Gasteiger partial charge in [-0.05, 0) is 107 Å². The molecule has 0 unspecified atom stereocenters. The molecule has 0 bridgehead atoms. The van der Waals surface area contributed by atoms with Gasteiger partial charge in [0, 0.05) is 17.0 Å². The fourth-order valence-electron chi connectivity index (χ4n) is 4.26. The largest absolute Gasteiger partial charge is 0.497 e. The van der Waals surface area contributed by atoms with Crippen LogP contribution in [0.2, 0.25) is 0 Å². The summed E-state index contributed by atoms with van der Waals surface area (Å²) in [6, 6.07) is 19.3. The van der Waals surface area contributed by atoms with E-state index in [-0.39, 0.29) is 17.3 Å². The number of nitrogens with one attached hydrogen (secondary N) is 1. The molecule has 3 aromatic rings. The molecule has 0 fully saturated rings. The maximum absolute atomic E-state index is 14.1. The van der Waals surface area contributed by atoms with Crippen molar-refractivity contribution >= 4 is 39.3 Å². The number of nitrogens with zero attached hydrogens (tertiary/aromatic N) is 2. The summed E-state index contributed by atoms with van der Waals surface area (Å²) in [5.74, 6) is 0.344. The van der Waals surface area contributed by atoms with E-state index in [9.17, 15) is 18.0 Å². The van der Waals surface area contributed by atoms with E-state index >= 15 is 0 Å². The van der Waals surface area contributed by atoms with Crippen LogP contribution in [0.5, 0.6) is 11.5 Å². The predicted molar refractivity (Wildman–Crippen MR) is 171 cm³/mol. The van der Waals surface area contributed by atoms with Gasteiger partial charge in [0.15, 0.2) is 0 Å². The van der Waals surface area contributed by atoms with Crippen molar-refractivity contribution in [2.24, 2.45) is 0 Å². The second-order valence-electron chi connectivity index (χ2n) is 10.9. The van der Waals surface area contributed by atoms with Gasteiger partial charge in [0.2, 0.25) is 11.8 Å². The Hall–Kier alpha value is -3.70. The Kier molecular flexibility index (Phi) is 11.5. The maximum atomic E-state index is 14.1. The molecule has 3 aromatic carbocycles. The van der Waals surface area contributed by atoms with E-state index in [1.54, 1.807) is 62.6 Å². The van der Waals surface area contributed by atoms with E-state index in [1.165, 1.54) is 28.8 Å². The van der Waals surface area contributed by atoms with Gasteiger partial charge in [-0.3, -0.25) is 13.9 Å². The molecule has 0 radical (unpaired) electrons. The van der Waals surface area contributed by atoms with Crippen molar-refractivity contribution in [1.29, 1.82) is 0 Å². The van der Waals surface area contributed by atoms with E-state index < -0.39 is 34.1 Å². The molecule has 11 heteroatoms. The number of hydrogen-bond donors (Lipinski definition) is 1. The Balaban J connectivity index is 2.04. The van der Waals surface area contributed by atoms with Crippen LogP contribution in [-0.4, -0.2) is 63.2 Å². The lowest BCUT2D eigenvalue weighted by Crippen LogP contribution is -2.54. The molecule has 0 aromatic heterocycles. The van der Waals surface area contributed by atoms with Crippen LogP contribution in [0.4, 0.5) is 5.69 Å². The van der Waals surface area contributed by atoms with Gasteiger partial charge >= 0.3 is 0 Å². The molecule has 0 spiro atoms. The van der Waals surface area contributed by atoms with Gasteiger partial charge in [0.25, 0.3) is 10.0 Å². The Morgan fingerprint density at radius 1 is 0.930 bits per heavy atom. The van der Waals surface area contributed by atoms with Crippen molar-refractivity contribution in [2.45, 2.75) is 62.5 Å². The fourth-order valence-corrected chi connectivity index (χ4v) is 6.09. The molecule has 0 saturated carbocycles. The molecule has 1 N–H and O–H groups in total. The number of thioether (sulfide) groups is 1. The Labute approximate surface area is 259 Å². The third kappa shape index (κ3) is 9.14. The molecular formula is C32H41N3O6S2. The summed E-state index contributed by atoms with van der Waals surface area (Å²) >= 11 is 1.50. The third-order valence-electron chi connectivity index (χ3n) is 6.54. The van der Waals surface area contributed by atoms with Gasteiger partial charge in [0.1, 0.15) is 24.1 Å². The number of benzene rings is 3. The minimum Gasteiger partial charge on any atom is -0.497 e. The SMILES string of the molecule is CCOc1ccc(N(CC(=O)N(Cc2ccc(OC)cc2)[C@@H](C)C(=O)NC(C)(C)C)S(=O)(=O)c2ccc(SC)cc2)cc1. The van der Waals surface area contributed by atoms with E-state index in [0.717, 1.165) is 14.8 Å². The summed E-state index contributed by atoms with van der Waals surface area (Å²) in [4.78, 5) is 29.7. The molecule has 0 heterocycles. The lowest BCUT2D eigenvalue weighted by molar-refractivity contribution is -0.140. The predicted octanol–water partition coefficient (Wildman–Crippen LogP) is 5.34. The van der Waals surface area contributed by atoms with Gasteiger partial charge < -0.3 is 19.7 Å². The third-order valence-corrected chi connectivity index (χ3v) is 9.07. The molecule has 9 nitrogen and oxygen atoms in total. The monoisotopic (exact) mass is 627 g/mol. The molecule has 43 heavy (non-hydrogen) atoms. The van der Waals surface area contributed by atoms with Crippen molar-refractivity contribution in [3.63, 3.8) is 0 Å². The zero-order valence-electron chi connectivity index (χ0n) is 25.8. The Morgan fingerprint density at radius 2 is 1.51 bits per heavy atom. The molecule has 3 rings (SSSR count).